The fraction of sp³-hybridized carbons (Fsp3) is 0.400. The molecule has 0 atom stereocenters. The highest BCUT2D eigenvalue weighted by Crippen LogP contribution is 2.25. The first kappa shape index (κ1) is 14.8. The minimum Gasteiger partial charge on any atom is -0.497 e. The summed E-state index contributed by atoms with van der Waals surface area (Å²) in [6, 6.07) is 5.65. The molecule has 5 heteroatoms. The second-order valence-electron chi connectivity index (χ2n) is 4.80. The monoisotopic (exact) mass is 292 g/mol. The number of hydrogen-bond acceptors (Lipinski definition) is 5. The first-order valence-corrected chi connectivity index (χ1v) is 7.46. The smallest absolute Gasteiger partial charge is 0.131 e. The summed E-state index contributed by atoms with van der Waals surface area (Å²) < 4.78 is 11.0. The number of hydrogen-bond donors (Lipinski definition) is 1. The number of benzene rings is 1. The molecule has 108 valence electrons. The lowest BCUT2D eigenvalue weighted by Crippen LogP contribution is -2.03. The van der Waals surface area contributed by atoms with Gasteiger partial charge in [-0.1, -0.05) is 13.8 Å². The van der Waals surface area contributed by atoms with Crippen LogP contribution in [0.4, 0.5) is 0 Å². The van der Waals surface area contributed by atoms with Gasteiger partial charge in [0.1, 0.15) is 18.1 Å². The molecule has 0 saturated heterocycles. The number of nitrogens with two attached hydrogens (primary N) is 1. The van der Waals surface area contributed by atoms with Crippen LogP contribution in [0.1, 0.15) is 36.0 Å². The van der Waals surface area contributed by atoms with Crippen LogP contribution in [0, 0.1) is 0 Å². The molecule has 2 N–H and O–H groups in total. The van der Waals surface area contributed by atoms with Gasteiger partial charge in [0.2, 0.25) is 0 Å². The molecule has 1 aromatic heterocycles. The van der Waals surface area contributed by atoms with Crippen LogP contribution in [0.3, 0.4) is 0 Å². The van der Waals surface area contributed by atoms with Crippen LogP contribution in [-0.2, 0) is 13.2 Å². The molecular weight excluding hydrogens is 272 g/mol. The van der Waals surface area contributed by atoms with Gasteiger partial charge in [-0.3, -0.25) is 0 Å². The molecule has 0 saturated carbocycles. The Morgan fingerprint density at radius 3 is 2.75 bits per heavy atom. The van der Waals surface area contributed by atoms with Gasteiger partial charge in [-0.05, 0) is 18.2 Å². The van der Waals surface area contributed by atoms with E-state index in [2.05, 4.69) is 18.8 Å². The van der Waals surface area contributed by atoms with Gasteiger partial charge in [0, 0.05) is 23.4 Å². The average molecular weight is 292 g/mol. The number of rotatable bonds is 6. The standard InChI is InChI=1S/C15H20N2O2S/c1-10(2)15-17-12(9-20-15)8-19-14-5-4-13(18-3)6-11(14)7-16/h4-6,9-10H,7-8,16H2,1-3H3. The summed E-state index contributed by atoms with van der Waals surface area (Å²) >= 11 is 1.67. The molecular formula is C15H20N2O2S. The SMILES string of the molecule is COc1ccc(OCc2csc(C(C)C)n2)c(CN)c1. The second kappa shape index (κ2) is 6.72. The zero-order chi connectivity index (χ0) is 14.5. The van der Waals surface area contributed by atoms with E-state index in [1.54, 1.807) is 18.4 Å². The Hall–Kier alpha value is -1.59. The predicted molar refractivity (Wildman–Crippen MR) is 81.4 cm³/mol. The fourth-order valence-electron chi connectivity index (χ4n) is 1.79. The lowest BCUT2D eigenvalue weighted by Gasteiger charge is -2.11. The van der Waals surface area contributed by atoms with Gasteiger partial charge in [0.25, 0.3) is 0 Å². The van der Waals surface area contributed by atoms with Crippen molar-refractivity contribution in [1.82, 2.24) is 4.98 Å². The summed E-state index contributed by atoms with van der Waals surface area (Å²) in [5.74, 6) is 2.02. The maximum atomic E-state index is 5.82. The van der Waals surface area contributed by atoms with E-state index in [-0.39, 0.29) is 0 Å². The third kappa shape index (κ3) is 3.49. The Balaban J connectivity index is 2.06. The Morgan fingerprint density at radius 1 is 1.35 bits per heavy atom. The van der Waals surface area contributed by atoms with Crippen LogP contribution in [0.15, 0.2) is 23.6 Å². The van der Waals surface area contributed by atoms with Crippen LogP contribution in [0.2, 0.25) is 0 Å². The quantitative estimate of drug-likeness (QED) is 0.887. The maximum absolute atomic E-state index is 5.82. The highest BCUT2D eigenvalue weighted by Gasteiger charge is 2.08. The average Bonchev–Trinajstić information content (AvgIpc) is 2.94. The molecule has 1 aromatic carbocycles. The highest BCUT2D eigenvalue weighted by atomic mass is 32.1. The molecule has 0 bridgehead atoms. The minimum atomic E-state index is 0.418. The molecule has 0 unspecified atom stereocenters. The first-order chi connectivity index (χ1) is 9.63. The van der Waals surface area contributed by atoms with Crippen molar-refractivity contribution in [2.45, 2.75) is 32.9 Å². The van der Waals surface area contributed by atoms with Crippen molar-refractivity contribution in [3.8, 4) is 11.5 Å². The van der Waals surface area contributed by atoms with Gasteiger partial charge in [-0.25, -0.2) is 4.98 Å². The van der Waals surface area contributed by atoms with Gasteiger partial charge in [-0.15, -0.1) is 11.3 Å². The van der Waals surface area contributed by atoms with Crippen LogP contribution in [0.5, 0.6) is 11.5 Å². The zero-order valence-corrected chi connectivity index (χ0v) is 12.9. The summed E-state index contributed by atoms with van der Waals surface area (Å²) in [6.45, 7) is 5.16. The molecule has 0 aliphatic heterocycles. The molecule has 20 heavy (non-hydrogen) atoms. The van der Waals surface area contributed by atoms with E-state index in [1.807, 2.05) is 23.6 Å². The third-order valence-corrected chi connectivity index (χ3v) is 4.12. The van der Waals surface area contributed by atoms with E-state index < -0.39 is 0 Å². The van der Waals surface area contributed by atoms with Crippen molar-refractivity contribution in [3.05, 3.63) is 39.8 Å². The maximum Gasteiger partial charge on any atom is 0.131 e. The second-order valence-corrected chi connectivity index (χ2v) is 5.69. The molecule has 0 amide bonds. The molecule has 2 aromatic rings. The largest absolute Gasteiger partial charge is 0.497 e. The van der Waals surface area contributed by atoms with Crippen molar-refractivity contribution >= 4 is 11.3 Å². The van der Waals surface area contributed by atoms with Crippen molar-refractivity contribution in [2.24, 2.45) is 5.73 Å². The summed E-state index contributed by atoms with van der Waals surface area (Å²) in [5.41, 5.74) is 7.63. The lowest BCUT2D eigenvalue weighted by atomic mass is 10.2. The Morgan fingerprint density at radius 2 is 2.15 bits per heavy atom. The molecule has 0 spiro atoms. The highest BCUT2D eigenvalue weighted by molar-refractivity contribution is 7.09. The molecule has 4 nitrogen and oxygen atoms in total. The molecule has 0 aliphatic carbocycles. The van der Waals surface area contributed by atoms with E-state index in [4.69, 9.17) is 15.2 Å². The van der Waals surface area contributed by atoms with Gasteiger partial charge in [0.15, 0.2) is 0 Å². The van der Waals surface area contributed by atoms with Crippen molar-refractivity contribution < 1.29 is 9.47 Å². The van der Waals surface area contributed by atoms with Crippen molar-refractivity contribution in [2.75, 3.05) is 7.11 Å². The van der Waals surface area contributed by atoms with E-state index in [9.17, 15) is 0 Å². The summed E-state index contributed by atoms with van der Waals surface area (Å²) in [6.07, 6.45) is 0. The minimum absolute atomic E-state index is 0.418. The number of thiazole rings is 1. The zero-order valence-electron chi connectivity index (χ0n) is 12.1. The van der Waals surface area contributed by atoms with Gasteiger partial charge < -0.3 is 15.2 Å². The lowest BCUT2D eigenvalue weighted by molar-refractivity contribution is 0.298. The summed E-state index contributed by atoms with van der Waals surface area (Å²) in [4.78, 5) is 4.55. The van der Waals surface area contributed by atoms with E-state index in [1.165, 1.54) is 0 Å². The molecule has 0 radical (unpaired) electrons. The van der Waals surface area contributed by atoms with Gasteiger partial charge in [0.05, 0.1) is 17.8 Å². The number of nitrogens with zero attached hydrogens (tertiary/aromatic N) is 1. The molecule has 0 aliphatic rings. The Labute approximate surface area is 123 Å². The normalized spacial score (nSPS) is 10.8. The van der Waals surface area contributed by atoms with E-state index in [0.717, 1.165) is 27.8 Å². The Kier molecular flexibility index (Phi) is 4.98. The van der Waals surface area contributed by atoms with Crippen molar-refractivity contribution in [1.29, 1.82) is 0 Å². The van der Waals surface area contributed by atoms with E-state index in [0.29, 0.717) is 19.1 Å². The van der Waals surface area contributed by atoms with Crippen LogP contribution >= 0.6 is 11.3 Å². The van der Waals surface area contributed by atoms with Gasteiger partial charge in [-0.2, -0.15) is 0 Å². The van der Waals surface area contributed by atoms with Crippen LogP contribution in [-0.4, -0.2) is 12.1 Å². The molecule has 1 heterocycles. The molecule has 2 rings (SSSR count). The summed E-state index contributed by atoms with van der Waals surface area (Å²) in [5, 5.41) is 3.18. The fourth-order valence-corrected chi connectivity index (χ4v) is 2.61. The topological polar surface area (TPSA) is 57.4 Å². The predicted octanol–water partition coefficient (Wildman–Crippen LogP) is 3.31. The van der Waals surface area contributed by atoms with Crippen LogP contribution in [0.25, 0.3) is 0 Å². The third-order valence-electron chi connectivity index (χ3n) is 2.93. The van der Waals surface area contributed by atoms with Crippen molar-refractivity contribution in [3.63, 3.8) is 0 Å². The van der Waals surface area contributed by atoms with Gasteiger partial charge >= 0.3 is 0 Å². The van der Waals surface area contributed by atoms with E-state index >= 15 is 0 Å². The summed E-state index contributed by atoms with van der Waals surface area (Å²) in [7, 11) is 1.64. The number of aromatic nitrogens is 1. The Bertz CT molecular complexity index is 567. The first-order valence-electron chi connectivity index (χ1n) is 6.58. The molecule has 0 fully saturated rings. The number of methoxy groups -OCH3 is 1. The number of ether oxygens (including phenoxy) is 2. The van der Waals surface area contributed by atoms with Crippen LogP contribution < -0.4 is 15.2 Å².